The van der Waals surface area contributed by atoms with Gasteiger partial charge in [0, 0.05) is 19.1 Å². The Bertz CT molecular complexity index is 754. The molecular formula is C23H34N2O5. The Hall–Kier alpha value is -2.70. The number of carbonyl (C=O) groups excluding carboxylic acids is 2. The molecule has 0 radical (unpaired) electrons. The Morgan fingerprint density at radius 3 is 2.67 bits per heavy atom. The number of benzene rings is 1. The summed E-state index contributed by atoms with van der Waals surface area (Å²) in [6.45, 7) is 8.34. The number of carbonyl (C=O) groups is 2. The van der Waals surface area contributed by atoms with Gasteiger partial charge in [0.1, 0.15) is 5.60 Å². The highest BCUT2D eigenvalue weighted by Gasteiger charge is 2.28. The second-order valence-electron chi connectivity index (χ2n) is 8.32. The third-order valence-corrected chi connectivity index (χ3v) is 4.73. The quantitative estimate of drug-likeness (QED) is 0.724. The number of rotatable bonds is 7. The van der Waals surface area contributed by atoms with E-state index in [9.17, 15) is 9.59 Å². The van der Waals surface area contributed by atoms with Crippen molar-refractivity contribution < 1.29 is 23.8 Å². The van der Waals surface area contributed by atoms with E-state index < -0.39 is 11.7 Å². The van der Waals surface area contributed by atoms with Crippen molar-refractivity contribution in [3.63, 3.8) is 0 Å². The number of amides is 2. The molecule has 7 nitrogen and oxygen atoms in total. The predicted octanol–water partition coefficient (Wildman–Crippen LogP) is 4.01. The summed E-state index contributed by atoms with van der Waals surface area (Å²) in [6.07, 6.45) is 6.24. The SMILES string of the molecule is C/C=C/c1ccc(OCC(=O)N2CCCCC2CNC(=O)OC(C)(C)C)c(OC)c1. The number of piperidine rings is 1. The highest BCUT2D eigenvalue weighted by molar-refractivity contribution is 5.78. The summed E-state index contributed by atoms with van der Waals surface area (Å²) < 4.78 is 16.4. The van der Waals surface area contributed by atoms with Gasteiger partial charge >= 0.3 is 6.09 Å². The number of hydrogen-bond donors (Lipinski definition) is 1. The molecule has 30 heavy (non-hydrogen) atoms. The zero-order valence-corrected chi connectivity index (χ0v) is 18.7. The number of allylic oxidation sites excluding steroid dienone is 1. The van der Waals surface area contributed by atoms with Crippen molar-refractivity contribution in [3.05, 3.63) is 29.8 Å². The summed E-state index contributed by atoms with van der Waals surface area (Å²) in [4.78, 5) is 26.6. The van der Waals surface area contributed by atoms with Crippen LogP contribution in [0.25, 0.3) is 6.08 Å². The maximum Gasteiger partial charge on any atom is 0.407 e. The fourth-order valence-electron chi connectivity index (χ4n) is 3.38. The monoisotopic (exact) mass is 418 g/mol. The van der Waals surface area contributed by atoms with E-state index in [0.717, 1.165) is 24.8 Å². The van der Waals surface area contributed by atoms with Crippen molar-refractivity contribution in [1.29, 1.82) is 0 Å². The molecule has 1 aliphatic heterocycles. The molecule has 1 aliphatic rings. The molecule has 1 aromatic rings. The summed E-state index contributed by atoms with van der Waals surface area (Å²) in [5, 5.41) is 2.78. The summed E-state index contributed by atoms with van der Waals surface area (Å²) >= 11 is 0. The molecule has 2 rings (SSSR count). The number of hydrogen-bond acceptors (Lipinski definition) is 5. The highest BCUT2D eigenvalue weighted by atomic mass is 16.6. The van der Waals surface area contributed by atoms with E-state index in [4.69, 9.17) is 14.2 Å². The molecule has 0 aliphatic carbocycles. The highest BCUT2D eigenvalue weighted by Crippen LogP contribution is 2.29. The zero-order chi connectivity index (χ0) is 22.1. The minimum atomic E-state index is -0.554. The maximum atomic E-state index is 12.8. The van der Waals surface area contributed by atoms with Crippen LogP contribution in [0.5, 0.6) is 11.5 Å². The lowest BCUT2D eigenvalue weighted by molar-refractivity contribution is -0.137. The first-order chi connectivity index (χ1) is 14.2. The third kappa shape index (κ3) is 7.28. The molecule has 0 saturated carbocycles. The van der Waals surface area contributed by atoms with Crippen LogP contribution in [0.3, 0.4) is 0 Å². The largest absolute Gasteiger partial charge is 0.493 e. The van der Waals surface area contributed by atoms with Gasteiger partial charge in [0.2, 0.25) is 0 Å². The molecule has 1 saturated heterocycles. The number of ether oxygens (including phenoxy) is 3. The molecule has 7 heteroatoms. The number of nitrogens with one attached hydrogen (secondary N) is 1. The van der Waals surface area contributed by atoms with Crippen LogP contribution in [-0.2, 0) is 9.53 Å². The molecule has 0 spiro atoms. The molecule has 1 fully saturated rings. The fraction of sp³-hybridized carbons (Fsp3) is 0.565. The van der Waals surface area contributed by atoms with Crippen LogP contribution in [0.15, 0.2) is 24.3 Å². The van der Waals surface area contributed by atoms with Crippen molar-refractivity contribution in [1.82, 2.24) is 10.2 Å². The zero-order valence-electron chi connectivity index (χ0n) is 18.7. The van der Waals surface area contributed by atoms with Gasteiger partial charge in [-0.2, -0.15) is 0 Å². The average Bonchev–Trinajstić information content (AvgIpc) is 2.70. The number of nitrogens with zero attached hydrogens (tertiary/aromatic N) is 1. The van der Waals surface area contributed by atoms with Crippen LogP contribution in [0.4, 0.5) is 4.79 Å². The normalized spacial score (nSPS) is 17.0. The van der Waals surface area contributed by atoms with E-state index in [1.807, 2.05) is 52.0 Å². The maximum absolute atomic E-state index is 12.8. The molecule has 2 amide bonds. The van der Waals surface area contributed by atoms with Crippen LogP contribution in [0.2, 0.25) is 0 Å². The van der Waals surface area contributed by atoms with Crippen molar-refractivity contribution in [2.24, 2.45) is 0 Å². The van der Waals surface area contributed by atoms with Crippen molar-refractivity contribution in [2.45, 2.75) is 58.6 Å². The predicted molar refractivity (Wildman–Crippen MR) is 117 cm³/mol. The van der Waals surface area contributed by atoms with Crippen molar-refractivity contribution in [3.8, 4) is 11.5 Å². The molecule has 0 bridgehead atoms. The van der Waals surface area contributed by atoms with Gasteiger partial charge in [0.15, 0.2) is 18.1 Å². The summed E-state index contributed by atoms with van der Waals surface area (Å²) in [6, 6.07) is 5.52. The standard InChI is InChI=1S/C23H34N2O5/c1-6-9-17-11-12-19(20(14-17)28-5)29-16-21(26)25-13-8-7-10-18(25)15-24-22(27)30-23(2,3)4/h6,9,11-12,14,18H,7-8,10,13,15-16H2,1-5H3,(H,24,27)/b9-6+. The van der Waals surface area contributed by atoms with Gasteiger partial charge in [0.25, 0.3) is 5.91 Å². The first kappa shape index (κ1) is 23.6. The van der Waals surface area contributed by atoms with Gasteiger partial charge < -0.3 is 24.4 Å². The van der Waals surface area contributed by atoms with Crippen LogP contribution in [0.1, 0.15) is 52.5 Å². The van der Waals surface area contributed by atoms with Gasteiger partial charge in [-0.15, -0.1) is 0 Å². The van der Waals surface area contributed by atoms with Crippen LogP contribution < -0.4 is 14.8 Å². The van der Waals surface area contributed by atoms with Crippen LogP contribution >= 0.6 is 0 Å². The summed E-state index contributed by atoms with van der Waals surface area (Å²) in [5.74, 6) is 1.00. The van der Waals surface area contributed by atoms with Gasteiger partial charge in [-0.25, -0.2) is 4.79 Å². The van der Waals surface area contributed by atoms with Crippen molar-refractivity contribution >= 4 is 18.1 Å². The summed E-state index contributed by atoms with van der Waals surface area (Å²) in [7, 11) is 1.58. The first-order valence-corrected chi connectivity index (χ1v) is 10.4. The average molecular weight is 419 g/mol. The van der Waals surface area contributed by atoms with Crippen LogP contribution in [-0.4, -0.2) is 55.3 Å². The Balaban J connectivity index is 1.94. The molecule has 1 N–H and O–H groups in total. The van der Waals surface area contributed by atoms with E-state index in [0.29, 0.717) is 24.6 Å². The molecule has 1 unspecified atom stereocenters. The Kier molecular flexibility index (Phi) is 8.57. The van der Waals surface area contributed by atoms with Crippen LogP contribution in [0, 0.1) is 0 Å². The second kappa shape index (κ2) is 10.9. The number of alkyl carbamates (subject to hydrolysis) is 1. The first-order valence-electron chi connectivity index (χ1n) is 10.4. The van der Waals surface area contributed by atoms with Gasteiger partial charge in [-0.05, 0) is 64.7 Å². The molecule has 1 aromatic carbocycles. The number of methoxy groups -OCH3 is 1. The summed E-state index contributed by atoms with van der Waals surface area (Å²) in [5.41, 5.74) is 0.443. The van der Waals surface area contributed by atoms with Gasteiger partial charge in [0.05, 0.1) is 7.11 Å². The minimum Gasteiger partial charge on any atom is -0.493 e. The van der Waals surface area contributed by atoms with E-state index in [1.165, 1.54) is 0 Å². The minimum absolute atomic E-state index is 0.0682. The Morgan fingerprint density at radius 1 is 1.23 bits per heavy atom. The molecule has 166 valence electrons. The van der Waals surface area contributed by atoms with E-state index >= 15 is 0 Å². The third-order valence-electron chi connectivity index (χ3n) is 4.73. The molecular weight excluding hydrogens is 384 g/mol. The lowest BCUT2D eigenvalue weighted by atomic mass is 10.0. The van der Waals surface area contributed by atoms with Crippen molar-refractivity contribution in [2.75, 3.05) is 26.8 Å². The molecule has 1 heterocycles. The molecule has 1 atom stereocenters. The molecule has 0 aromatic heterocycles. The second-order valence-corrected chi connectivity index (χ2v) is 8.32. The smallest absolute Gasteiger partial charge is 0.407 e. The van der Waals surface area contributed by atoms with E-state index in [2.05, 4.69) is 5.32 Å². The Morgan fingerprint density at radius 2 is 2.00 bits per heavy atom. The Labute approximate surface area is 179 Å². The lowest BCUT2D eigenvalue weighted by Gasteiger charge is -2.36. The topological polar surface area (TPSA) is 77.1 Å². The van der Waals surface area contributed by atoms with Gasteiger partial charge in [-0.1, -0.05) is 18.2 Å². The van der Waals surface area contributed by atoms with E-state index in [1.54, 1.807) is 18.1 Å². The van der Waals surface area contributed by atoms with Gasteiger partial charge in [-0.3, -0.25) is 4.79 Å². The van der Waals surface area contributed by atoms with E-state index in [-0.39, 0.29) is 18.6 Å². The number of likely N-dealkylation sites (tertiary alicyclic amines) is 1. The fourth-order valence-corrected chi connectivity index (χ4v) is 3.38. The lowest BCUT2D eigenvalue weighted by Crippen LogP contribution is -2.51.